The Balaban J connectivity index is 2.78. The fourth-order valence-corrected chi connectivity index (χ4v) is 3.20. The zero-order valence-corrected chi connectivity index (χ0v) is 12.1. The summed E-state index contributed by atoms with van der Waals surface area (Å²) in [6.45, 7) is 12.4. The van der Waals surface area contributed by atoms with Crippen LogP contribution >= 0.6 is 11.3 Å². The lowest BCUT2D eigenvalue weighted by Gasteiger charge is -2.20. The summed E-state index contributed by atoms with van der Waals surface area (Å²) >= 11 is 1.95. The molecule has 1 unspecified atom stereocenters. The lowest BCUT2D eigenvalue weighted by atomic mass is 10.0. The molecule has 1 rings (SSSR count). The summed E-state index contributed by atoms with van der Waals surface area (Å²) in [6.07, 6.45) is 2.44. The topological polar surface area (TPSA) is 12.0 Å². The van der Waals surface area contributed by atoms with Crippen LogP contribution in [0.15, 0.2) is 6.07 Å². The summed E-state index contributed by atoms with van der Waals surface area (Å²) in [6, 6.07) is 2.86. The Hall–Kier alpha value is -0.340. The van der Waals surface area contributed by atoms with E-state index in [4.69, 9.17) is 0 Å². The number of aryl methyl sites for hydroxylation is 2. The van der Waals surface area contributed by atoms with Crippen molar-refractivity contribution in [3.05, 3.63) is 21.4 Å². The monoisotopic (exact) mass is 239 g/mol. The number of rotatable bonds is 6. The Bertz CT molecular complexity index is 315. The smallest absolute Gasteiger partial charge is 0.0420 e. The van der Waals surface area contributed by atoms with Gasteiger partial charge in [-0.3, -0.25) is 0 Å². The van der Waals surface area contributed by atoms with Gasteiger partial charge in [0.05, 0.1) is 0 Å². The second-order valence-corrected chi connectivity index (χ2v) is 6.33. The largest absolute Gasteiger partial charge is 0.309 e. The van der Waals surface area contributed by atoms with Crippen LogP contribution in [-0.2, 0) is 0 Å². The van der Waals surface area contributed by atoms with Gasteiger partial charge in [-0.2, -0.15) is 0 Å². The first-order valence-electron chi connectivity index (χ1n) is 6.34. The van der Waals surface area contributed by atoms with E-state index in [1.54, 1.807) is 4.88 Å². The van der Waals surface area contributed by atoms with E-state index < -0.39 is 0 Å². The van der Waals surface area contributed by atoms with Crippen LogP contribution in [0.2, 0.25) is 0 Å². The molecule has 0 radical (unpaired) electrons. The molecular weight excluding hydrogens is 214 g/mol. The van der Waals surface area contributed by atoms with Crippen molar-refractivity contribution in [2.45, 2.75) is 53.5 Å². The van der Waals surface area contributed by atoms with Gasteiger partial charge in [0.2, 0.25) is 0 Å². The van der Waals surface area contributed by atoms with Crippen LogP contribution in [0.25, 0.3) is 0 Å². The molecule has 0 saturated carbocycles. The lowest BCUT2D eigenvalue weighted by Crippen LogP contribution is -2.23. The van der Waals surface area contributed by atoms with E-state index in [-0.39, 0.29) is 0 Å². The van der Waals surface area contributed by atoms with Crippen LogP contribution in [0.1, 0.15) is 55.0 Å². The lowest BCUT2D eigenvalue weighted by molar-refractivity contribution is 0.434. The maximum absolute atomic E-state index is 3.68. The first-order chi connectivity index (χ1) is 7.54. The molecule has 0 saturated heterocycles. The van der Waals surface area contributed by atoms with Crippen LogP contribution in [0.4, 0.5) is 0 Å². The molecule has 1 aromatic heterocycles. The van der Waals surface area contributed by atoms with Crippen molar-refractivity contribution in [1.82, 2.24) is 5.32 Å². The van der Waals surface area contributed by atoms with Crippen molar-refractivity contribution in [2.75, 3.05) is 6.54 Å². The number of hydrogen-bond donors (Lipinski definition) is 1. The fourth-order valence-electron chi connectivity index (χ4n) is 2.08. The first-order valence-corrected chi connectivity index (χ1v) is 7.16. The Morgan fingerprint density at radius 2 is 2.00 bits per heavy atom. The number of thiophene rings is 1. The molecule has 1 N–H and O–H groups in total. The summed E-state index contributed by atoms with van der Waals surface area (Å²) < 4.78 is 0. The van der Waals surface area contributed by atoms with Crippen molar-refractivity contribution in [1.29, 1.82) is 0 Å². The average molecular weight is 239 g/mol. The van der Waals surface area contributed by atoms with E-state index in [9.17, 15) is 0 Å². The molecule has 1 nitrogen and oxygen atoms in total. The van der Waals surface area contributed by atoms with E-state index in [0.29, 0.717) is 6.04 Å². The Kier molecular flexibility index (Phi) is 5.50. The molecule has 0 spiro atoms. The van der Waals surface area contributed by atoms with Crippen molar-refractivity contribution in [3.63, 3.8) is 0 Å². The van der Waals surface area contributed by atoms with Gasteiger partial charge in [-0.25, -0.2) is 0 Å². The summed E-state index contributed by atoms with van der Waals surface area (Å²) in [7, 11) is 0. The second-order valence-electron chi connectivity index (χ2n) is 5.04. The molecule has 92 valence electrons. The first kappa shape index (κ1) is 13.7. The highest BCUT2D eigenvalue weighted by Crippen LogP contribution is 2.31. The molecular formula is C14H25NS. The maximum atomic E-state index is 3.68. The average Bonchev–Trinajstić information content (AvgIpc) is 2.52. The Labute approximate surface area is 104 Å². The zero-order chi connectivity index (χ0) is 12.1. The number of hydrogen-bond acceptors (Lipinski definition) is 2. The van der Waals surface area contributed by atoms with E-state index in [0.717, 1.165) is 12.5 Å². The predicted octanol–water partition coefficient (Wildman–Crippen LogP) is 4.45. The molecule has 1 atom stereocenters. The van der Waals surface area contributed by atoms with E-state index >= 15 is 0 Å². The quantitative estimate of drug-likeness (QED) is 0.773. The molecule has 0 fully saturated rings. The van der Waals surface area contributed by atoms with E-state index in [1.165, 1.54) is 23.3 Å². The van der Waals surface area contributed by atoms with Gasteiger partial charge in [0.25, 0.3) is 0 Å². The highest BCUT2D eigenvalue weighted by Gasteiger charge is 2.16. The summed E-state index contributed by atoms with van der Waals surface area (Å²) in [4.78, 5) is 2.97. The second kappa shape index (κ2) is 6.41. The Morgan fingerprint density at radius 1 is 1.31 bits per heavy atom. The number of nitrogens with one attached hydrogen (secondary N) is 1. The van der Waals surface area contributed by atoms with Gasteiger partial charge in [0, 0.05) is 15.8 Å². The highest BCUT2D eigenvalue weighted by atomic mass is 32.1. The van der Waals surface area contributed by atoms with Gasteiger partial charge < -0.3 is 5.32 Å². The minimum atomic E-state index is 0.554. The summed E-state index contributed by atoms with van der Waals surface area (Å²) in [5.74, 6) is 0.746. The van der Waals surface area contributed by atoms with Gasteiger partial charge >= 0.3 is 0 Å². The van der Waals surface area contributed by atoms with Crippen molar-refractivity contribution < 1.29 is 0 Å². The minimum absolute atomic E-state index is 0.554. The highest BCUT2D eigenvalue weighted by molar-refractivity contribution is 7.12. The van der Waals surface area contributed by atoms with Gasteiger partial charge in [0.1, 0.15) is 0 Å². The third-order valence-corrected chi connectivity index (χ3v) is 4.01. The van der Waals surface area contributed by atoms with Gasteiger partial charge in [0.15, 0.2) is 0 Å². The molecule has 16 heavy (non-hydrogen) atoms. The molecule has 0 aromatic carbocycles. The van der Waals surface area contributed by atoms with Crippen molar-refractivity contribution in [3.8, 4) is 0 Å². The molecule has 1 heterocycles. The van der Waals surface area contributed by atoms with Crippen LogP contribution in [-0.4, -0.2) is 6.54 Å². The van der Waals surface area contributed by atoms with E-state index in [1.807, 2.05) is 11.3 Å². The molecule has 1 aromatic rings. The summed E-state index contributed by atoms with van der Waals surface area (Å²) in [5, 5.41) is 3.68. The fraction of sp³-hybridized carbons (Fsp3) is 0.714. The minimum Gasteiger partial charge on any atom is -0.309 e. The molecule has 0 aliphatic heterocycles. The molecule has 0 bridgehead atoms. The SMILES string of the molecule is CCCNC(CC(C)C)c1sc(C)cc1C. The van der Waals surface area contributed by atoms with Gasteiger partial charge in [-0.1, -0.05) is 20.8 Å². The van der Waals surface area contributed by atoms with Crippen molar-refractivity contribution >= 4 is 11.3 Å². The third-order valence-electron chi connectivity index (χ3n) is 2.74. The molecule has 2 heteroatoms. The normalized spacial score (nSPS) is 13.4. The Morgan fingerprint density at radius 3 is 2.44 bits per heavy atom. The van der Waals surface area contributed by atoms with Gasteiger partial charge in [-0.05, 0) is 50.8 Å². The zero-order valence-electron chi connectivity index (χ0n) is 11.3. The van der Waals surface area contributed by atoms with Gasteiger partial charge in [-0.15, -0.1) is 11.3 Å². The van der Waals surface area contributed by atoms with E-state index in [2.05, 4.69) is 46.0 Å². The standard InChI is InChI=1S/C14H25NS/c1-6-7-15-13(8-10(2)3)14-11(4)9-12(5)16-14/h9-10,13,15H,6-8H2,1-5H3. The van der Waals surface area contributed by atoms with Crippen molar-refractivity contribution in [2.24, 2.45) is 5.92 Å². The van der Waals surface area contributed by atoms with Crippen LogP contribution < -0.4 is 5.32 Å². The summed E-state index contributed by atoms with van der Waals surface area (Å²) in [5.41, 5.74) is 1.46. The predicted molar refractivity (Wildman–Crippen MR) is 74.3 cm³/mol. The molecule has 0 aliphatic carbocycles. The molecule has 0 aliphatic rings. The molecule has 0 amide bonds. The van der Waals surface area contributed by atoms with Crippen LogP contribution in [0, 0.1) is 19.8 Å². The van der Waals surface area contributed by atoms with Crippen LogP contribution in [0.5, 0.6) is 0 Å². The third kappa shape index (κ3) is 3.91. The van der Waals surface area contributed by atoms with Crippen LogP contribution in [0.3, 0.4) is 0 Å². The maximum Gasteiger partial charge on any atom is 0.0420 e.